The van der Waals surface area contributed by atoms with Gasteiger partial charge in [-0.3, -0.25) is 4.79 Å². The molecule has 20 heavy (non-hydrogen) atoms. The Morgan fingerprint density at radius 1 is 1.15 bits per heavy atom. The lowest BCUT2D eigenvalue weighted by atomic mass is 10.1. The average molecular weight is 268 g/mol. The minimum Gasteiger partial charge on any atom is -0.493 e. The molecule has 0 spiro atoms. The maximum atomic E-state index is 11.1. The van der Waals surface area contributed by atoms with Crippen LogP contribution in [-0.2, 0) is 0 Å². The zero-order valence-corrected chi connectivity index (χ0v) is 11.3. The first-order chi connectivity index (χ1) is 9.76. The number of hydrogen-bond donors (Lipinski definition) is 0. The van der Waals surface area contributed by atoms with Crippen molar-refractivity contribution in [2.75, 3.05) is 13.7 Å². The fraction of sp³-hybridized carbons (Fsp3) is 0.118. The van der Waals surface area contributed by atoms with E-state index in [4.69, 9.17) is 9.47 Å². The molecule has 0 unspecified atom stereocenters. The maximum Gasteiger partial charge on any atom is 0.172 e. The highest BCUT2D eigenvalue weighted by Crippen LogP contribution is 2.30. The molecule has 102 valence electrons. The Morgan fingerprint density at radius 2 is 1.90 bits per heavy atom. The molecule has 2 aromatic carbocycles. The van der Waals surface area contributed by atoms with Gasteiger partial charge < -0.3 is 9.47 Å². The second-order valence-electron chi connectivity index (χ2n) is 4.25. The highest BCUT2D eigenvalue weighted by molar-refractivity contribution is 5.81. The third kappa shape index (κ3) is 3.06. The van der Waals surface area contributed by atoms with Gasteiger partial charge in [-0.05, 0) is 23.3 Å². The van der Waals surface area contributed by atoms with E-state index >= 15 is 0 Å². The Labute approximate surface area is 118 Å². The van der Waals surface area contributed by atoms with Crippen LogP contribution in [0.3, 0.4) is 0 Å². The van der Waals surface area contributed by atoms with E-state index in [2.05, 4.69) is 6.58 Å². The summed E-state index contributed by atoms with van der Waals surface area (Å²) in [6.07, 6.45) is 0.753. The maximum absolute atomic E-state index is 11.1. The van der Waals surface area contributed by atoms with Crippen LogP contribution in [-0.4, -0.2) is 20.0 Å². The molecular weight excluding hydrogens is 252 g/mol. The van der Waals surface area contributed by atoms with Crippen molar-refractivity contribution in [2.45, 2.75) is 0 Å². The van der Waals surface area contributed by atoms with Crippen molar-refractivity contribution >= 4 is 11.9 Å². The number of para-hydroxylation sites is 1. The number of rotatable bonds is 6. The smallest absolute Gasteiger partial charge is 0.172 e. The van der Waals surface area contributed by atoms with Crippen LogP contribution in [0, 0.1) is 0 Å². The molecule has 0 saturated carbocycles. The van der Waals surface area contributed by atoms with Gasteiger partial charge in [-0.25, -0.2) is 0 Å². The van der Waals surface area contributed by atoms with Crippen molar-refractivity contribution in [3.63, 3.8) is 0 Å². The van der Waals surface area contributed by atoms with E-state index in [0.29, 0.717) is 23.7 Å². The summed E-state index contributed by atoms with van der Waals surface area (Å²) in [6, 6.07) is 15.0. The predicted octanol–water partition coefficient (Wildman–Crippen LogP) is 3.60. The van der Waals surface area contributed by atoms with E-state index in [1.165, 1.54) is 0 Å². The number of methoxy groups -OCH3 is 1. The van der Waals surface area contributed by atoms with Gasteiger partial charge in [-0.15, -0.1) is 0 Å². The Hall–Kier alpha value is -2.55. The predicted molar refractivity (Wildman–Crippen MR) is 79.4 cm³/mol. The largest absolute Gasteiger partial charge is 0.493 e. The molecule has 0 radical (unpaired) electrons. The quantitative estimate of drug-likeness (QED) is 0.751. The average Bonchev–Trinajstić information content (AvgIpc) is 2.52. The number of hydrogen-bond acceptors (Lipinski definition) is 3. The number of carbonyl (C=O) groups excluding carboxylic acids is 1. The Morgan fingerprint density at radius 3 is 2.55 bits per heavy atom. The SMILES string of the molecule is C=C(COc1c(C=O)cccc1OC)c1ccccc1. The van der Waals surface area contributed by atoms with Crippen molar-refractivity contribution in [3.8, 4) is 11.5 Å². The molecule has 0 aliphatic carbocycles. The fourth-order valence-corrected chi connectivity index (χ4v) is 1.86. The fourth-order valence-electron chi connectivity index (χ4n) is 1.86. The van der Waals surface area contributed by atoms with Gasteiger partial charge in [0.1, 0.15) is 6.61 Å². The molecule has 2 aromatic rings. The second kappa shape index (κ2) is 6.57. The molecule has 0 aromatic heterocycles. The summed E-state index contributed by atoms with van der Waals surface area (Å²) in [5.74, 6) is 0.984. The third-order valence-corrected chi connectivity index (χ3v) is 2.93. The van der Waals surface area contributed by atoms with E-state index in [1.807, 2.05) is 30.3 Å². The Balaban J connectivity index is 2.15. The molecule has 0 bridgehead atoms. The van der Waals surface area contributed by atoms with Gasteiger partial charge in [0.05, 0.1) is 12.7 Å². The van der Waals surface area contributed by atoms with Gasteiger partial charge in [0.25, 0.3) is 0 Å². The van der Waals surface area contributed by atoms with E-state index in [-0.39, 0.29) is 0 Å². The van der Waals surface area contributed by atoms with E-state index in [9.17, 15) is 4.79 Å². The summed E-state index contributed by atoms with van der Waals surface area (Å²) >= 11 is 0. The molecule has 3 heteroatoms. The van der Waals surface area contributed by atoms with Crippen LogP contribution in [0.1, 0.15) is 15.9 Å². The van der Waals surface area contributed by atoms with Gasteiger partial charge in [0.15, 0.2) is 17.8 Å². The monoisotopic (exact) mass is 268 g/mol. The first-order valence-corrected chi connectivity index (χ1v) is 6.24. The van der Waals surface area contributed by atoms with Crippen molar-refractivity contribution in [2.24, 2.45) is 0 Å². The molecule has 0 fully saturated rings. The van der Waals surface area contributed by atoms with Crippen molar-refractivity contribution < 1.29 is 14.3 Å². The molecule has 0 amide bonds. The van der Waals surface area contributed by atoms with Crippen LogP contribution in [0.4, 0.5) is 0 Å². The van der Waals surface area contributed by atoms with Gasteiger partial charge in [0.2, 0.25) is 0 Å². The summed E-state index contributed by atoms with van der Waals surface area (Å²) in [6.45, 7) is 4.29. The van der Waals surface area contributed by atoms with Crippen LogP contribution in [0.2, 0.25) is 0 Å². The molecule has 2 rings (SSSR count). The number of aldehydes is 1. The molecule has 3 nitrogen and oxygen atoms in total. The highest BCUT2D eigenvalue weighted by Gasteiger charge is 2.10. The van der Waals surface area contributed by atoms with E-state index in [1.54, 1.807) is 25.3 Å². The van der Waals surface area contributed by atoms with Crippen LogP contribution >= 0.6 is 0 Å². The zero-order chi connectivity index (χ0) is 14.4. The second-order valence-corrected chi connectivity index (χ2v) is 4.25. The van der Waals surface area contributed by atoms with Crippen LogP contribution in [0.15, 0.2) is 55.1 Å². The lowest BCUT2D eigenvalue weighted by molar-refractivity contribution is 0.111. The van der Waals surface area contributed by atoms with Crippen molar-refractivity contribution in [1.82, 2.24) is 0 Å². The summed E-state index contributed by atoms with van der Waals surface area (Å²) in [4.78, 5) is 11.1. The molecule has 0 aliphatic rings. The lowest BCUT2D eigenvalue weighted by Crippen LogP contribution is -2.03. The number of benzene rings is 2. The lowest BCUT2D eigenvalue weighted by Gasteiger charge is -2.13. The summed E-state index contributed by atoms with van der Waals surface area (Å²) < 4.78 is 10.9. The summed E-state index contributed by atoms with van der Waals surface area (Å²) in [5.41, 5.74) is 2.31. The Bertz CT molecular complexity index is 603. The Kier molecular flexibility index (Phi) is 4.56. The highest BCUT2D eigenvalue weighted by atomic mass is 16.5. The standard InChI is InChI=1S/C17H16O3/c1-13(14-7-4-3-5-8-14)12-20-17-15(11-18)9-6-10-16(17)19-2/h3-11H,1,12H2,2H3. The molecule has 0 heterocycles. The van der Waals surface area contributed by atoms with E-state index < -0.39 is 0 Å². The first-order valence-electron chi connectivity index (χ1n) is 6.24. The van der Waals surface area contributed by atoms with Crippen molar-refractivity contribution in [1.29, 1.82) is 0 Å². The van der Waals surface area contributed by atoms with Crippen molar-refractivity contribution in [3.05, 3.63) is 66.2 Å². The van der Waals surface area contributed by atoms with E-state index in [0.717, 1.165) is 17.4 Å². The van der Waals surface area contributed by atoms with Gasteiger partial charge in [-0.1, -0.05) is 43.0 Å². The van der Waals surface area contributed by atoms with Crippen LogP contribution in [0.25, 0.3) is 5.57 Å². The molecule has 0 saturated heterocycles. The van der Waals surface area contributed by atoms with Crippen LogP contribution in [0.5, 0.6) is 11.5 Å². The number of carbonyl (C=O) groups is 1. The van der Waals surface area contributed by atoms with Gasteiger partial charge >= 0.3 is 0 Å². The summed E-state index contributed by atoms with van der Waals surface area (Å²) in [5, 5.41) is 0. The minimum atomic E-state index is 0.297. The molecule has 0 N–H and O–H groups in total. The third-order valence-electron chi connectivity index (χ3n) is 2.93. The summed E-state index contributed by atoms with van der Waals surface area (Å²) in [7, 11) is 1.54. The molecule has 0 aliphatic heterocycles. The normalized spacial score (nSPS) is 9.85. The van der Waals surface area contributed by atoms with Gasteiger partial charge in [0, 0.05) is 0 Å². The molecule has 0 atom stereocenters. The van der Waals surface area contributed by atoms with Crippen LogP contribution < -0.4 is 9.47 Å². The topological polar surface area (TPSA) is 35.5 Å². The molecular formula is C17H16O3. The zero-order valence-electron chi connectivity index (χ0n) is 11.3. The number of ether oxygens (including phenoxy) is 2. The minimum absolute atomic E-state index is 0.297. The first kappa shape index (κ1) is 13.9. The van der Waals surface area contributed by atoms with Gasteiger partial charge in [-0.2, -0.15) is 0 Å².